The van der Waals surface area contributed by atoms with E-state index >= 15 is 0 Å². The molecule has 3 rings (SSSR count). The predicted molar refractivity (Wildman–Crippen MR) is 163 cm³/mol. The molecule has 1 unspecified atom stereocenters. The molecule has 0 saturated carbocycles. The van der Waals surface area contributed by atoms with Crippen LogP contribution in [0, 0.1) is 5.92 Å². The zero-order chi connectivity index (χ0) is 26.9. The van der Waals surface area contributed by atoms with Crippen LogP contribution in [-0.2, 0) is 6.42 Å². The van der Waals surface area contributed by atoms with E-state index in [9.17, 15) is 4.79 Å². The standard InChI is InChI=1S/C29H39ClN2O2S.C2H6/c1-35-18-8-6-4-2-3-5-7-17-32-21-24(13-9-11-23-12-10-14-26(30)19-23)22-34-28-16-15-25(29(31)33)20-27(28)32;1-2/h2,4,10,12,14-16,19-20,24H,3,5-9,11,13,17-18,21-22H2,1H3,(H2,31,33);1-2H3/b4-2+;. The minimum absolute atomic E-state index is 0.401. The minimum atomic E-state index is -0.401. The molecule has 0 saturated heterocycles. The Kier molecular flexibility index (Phi) is 15.3. The van der Waals surface area contributed by atoms with Gasteiger partial charge in [0.15, 0.2) is 0 Å². The lowest BCUT2D eigenvalue weighted by Gasteiger charge is -2.27. The van der Waals surface area contributed by atoms with Gasteiger partial charge in [0.25, 0.3) is 0 Å². The van der Waals surface area contributed by atoms with Crippen molar-refractivity contribution >= 4 is 35.0 Å². The summed E-state index contributed by atoms with van der Waals surface area (Å²) in [4.78, 5) is 14.2. The van der Waals surface area contributed by atoms with E-state index < -0.39 is 5.91 Å². The maximum absolute atomic E-state index is 11.8. The summed E-state index contributed by atoms with van der Waals surface area (Å²) in [6.07, 6.45) is 15.8. The van der Waals surface area contributed by atoms with E-state index in [0.717, 1.165) is 68.1 Å². The summed E-state index contributed by atoms with van der Waals surface area (Å²) in [6, 6.07) is 13.7. The van der Waals surface area contributed by atoms with Gasteiger partial charge in [0, 0.05) is 29.6 Å². The van der Waals surface area contributed by atoms with Crippen molar-refractivity contribution in [3.05, 3.63) is 70.8 Å². The minimum Gasteiger partial charge on any atom is -0.491 e. The van der Waals surface area contributed by atoms with Gasteiger partial charge in [-0.1, -0.05) is 49.7 Å². The van der Waals surface area contributed by atoms with Crippen molar-refractivity contribution in [2.24, 2.45) is 11.7 Å². The van der Waals surface area contributed by atoms with Gasteiger partial charge >= 0.3 is 0 Å². The van der Waals surface area contributed by atoms with E-state index in [0.29, 0.717) is 18.1 Å². The molecule has 0 fully saturated rings. The SMILES string of the molecule is CC.CSCCC/C=C/CCCCN1CC(CCCc2cccc(Cl)c2)COc2ccc(C(N)=O)cc21. The van der Waals surface area contributed by atoms with Crippen molar-refractivity contribution in [2.45, 2.75) is 65.2 Å². The average molecular weight is 545 g/mol. The van der Waals surface area contributed by atoms with Gasteiger partial charge in [-0.15, -0.1) is 0 Å². The van der Waals surface area contributed by atoms with Crippen LogP contribution in [0.3, 0.4) is 0 Å². The molecule has 0 aromatic heterocycles. The third-order valence-corrected chi connectivity index (χ3v) is 7.37. The van der Waals surface area contributed by atoms with Gasteiger partial charge in [0.1, 0.15) is 5.75 Å². The number of amides is 1. The van der Waals surface area contributed by atoms with Crippen molar-refractivity contribution in [1.29, 1.82) is 0 Å². The van der Waals surface area contributed by atoms with Crippen molar-refractivity contribution in [2.75, 3.05) is 36.6 Å². The molecule has 1 heterocycles. The maximum atomic E-state index is 11.8. The van der Waals surface area contributed by atoms with Crippen LogP contribution >= 0.6 is 23.4 Å². The van der Waals surface area contributed by atoms with Gasteiger partial charge in [0.2, 0.25) is 5.91 Å². The molecule has 2 N–H and O–H groups in total. The first-order chi connectivity index (χ1) is 18.1. The van der Waals surface area contributed by atoms with Gasteiger partial charge in [-0.2, -0.15) is 11.8 Å². The second kappa shape index (κ2) is 18.2. The molecule has 2 aromatic rings. The average Bonchev–Trinajstić information content (AvgIpc) is 3.08. The van der Waals surface area contributed by atoms with Crippen LogP contribution in [0.5, 0.6) is 5.75 Å². The molecule has 1 atom stereocenters. The largest absolute Gasteiger partial charge is 0.491 e. The van der Waals surface area contributed by atoms with E-state index in [2.05, 4.69) is 35.4 Å². The molecular weight excluding hydrogens is 500 g/mol. The van der Waals surface area contributed by atoms with Gasteiger partial charge in [-0.3, -0.25) is 4.79 Å². The number of carbonyl (C=O) groups excluding carboxylic acids is 1. The molecule has 4 nitrogen and oxygen atoms in total. The third-order valence-electron chi connectivity index (χ3n) is 6.44. The lowest BCUT2D eigenvalue weighted by atomic mass is 9.99. The first-order valence-corrected chi connectivity index (χ1v) is 15.5. The van der Waals surface area contributed by atoms with Gasteiger partial charge < -0.3 is 15.4 Å². The highest BCUT2D eigenvalue weighted by molar-refractivity contribution is 7.98. The zero-order valence-corrected chi connectivity index (χ0v) is 24.5. The van der Waals surface area contributed by atoms with E-state index in [1.54, 1.807) is 6.07 Å². The number of benzene rings is 2. The summed E-state index contributed by atoms with van der Waals surface area (Å²) in [6.45, 7) is 6.56. The summed E-state index contributed by atoms with van der Waals surface area (Å²) in [7, 11) is 0. The Morgan fingerprint density at radius 1 is 1.11 bits per heavy atom. The number of nitrogens with zero attached hydrogens (tertiary/aromatic N) is 1. The number of aryl methyl sites for hydroxylation is 1. The number of ether oxygens (including phenoxy) is 1. The van der Waals surface area contributed by atoms with Crippen LogP contribution < -0.4 is 15.4 Å². The monoisotopic (exact) mass is 544 g/mol. The van der Waals surface area contributed by atoms with Crippen molar-refractivity contribution in [3.63, 3.8) is 0 Å². The van der Waals surface area contributed by atoms with E-state index in [-0.39, 0.29) is 0 Å². The van der Waals surface area contributed by atoms with E-state index in [4.69, 9.17) is 22.1 Å². The zero-order valence-electron chi connectivity index (χ0n) is 22.9. The Hall–Kier alpha value is -2.11. The number of fused-ring (bicyclic) bond motifs is 1. The molecule has 1 aliphatic rings. The van der Waals surface area contributed by atoms with Crippen LogP contribution in [0.25, 0.3) is 0 Å². The molecule has 6 heteroatoms. The molecule has 2 aromatic carbocycles. The topological polar surface area (TPSA) is 55.6 Å². The Morgan fingerprint density at radius 2 is 1.89 bits per heavy atom. The first-order valence-electron chi connectivity index (χ1n) is 13.8. The molecular formula is C31H45ClN2O2S. The Balaban J connectivity index is 0.00000235. The number of rotatable bonds is 14. The summed E-state index contributed by atoms with van der Waals surface area (Å²) in [5.74, 6) is 2.10. The van der Waals surface area contributed by atoms with Crippen LogP contribution in [0.2, 0.25) is 5.02 Å². The van der Waals surface area contributed by atoms with Crippen LogP contribution in [0.1, 0.15) is 74.7 Å². The van der Waals surface area contributed by atoms with Crippen LogP contribution in [-0.4, -0.2) is 37.6 Å². The lowest BCUT2D eigenvalue weighted by Crippen LogP contribution is -2.31. The normalized spacial score (nSPS) is 14.9. The fraction of sp³-hybridized carbons (Fsp3) is 0.516. The molecule has 204 valence electrons. The van der Waals surface area contributed by atoms with E-state index in [1.807, 2.05) is 49.9 Å². The highest BCUT2D eigenvalue weighted by Gasteiger charge is 2.23. The number of hydrogen-bond acceptors (Lipinski definition) is 4. The number of allylic oxidation sites excluding steroid dienone is 2. The lowest BCUT2D eigenvalue weighted by molar-refractivity contribution is 0.100. The summed E-state index contributed by atoms with van der Waals surface area (Å²) in [5, 5.41) is 0.794. The van der Waals surface area contributed by atoms with Gasteiger partial charge in [-0.25, -0.2) is 0 Å². The summed E-state index contributed by atoms with van der Waals surface area (Å²) in [5.41, 5.74) is 8.37. The molecule has 0 spiro atoms. The van der Waals surface area contributed by atoms with Crippen LogP contribution in [0.15, 0.2) is 54.6 Å². The molecule has 0 radical (unpaired) electrons. The quantitative estimate of drug-likeness (QED) is 0.192. The number of thioether (sulfide) groups is 1. The number of anilines is 1. The maximum Gasteiger partial charge on any atom is 0.248 e. The second-order valence-corrected chi connectivity index (χ2v) is 10.7. The number of unbranched alkanes of at least 4 members (excludes halogenated alkanes) is 3. The number of hydrogen-bond donors (Lipinski definition) is 1. The summed E-state index contributed by atoms with van der Waals surface area (Å²) < 4.78 is 6.21. The van der Waals surface area contributed by atoms with Gasteiger partial charge in [0.05, 0.1) is 12.3 Å². The molecule has 0 aliphatic carbocycles. The highest BCUT2D eigenvalue weighted by atomic mass is 35.5. The number of nitrogens with two attached hydrogens (primary N) is 1. The van der Waals surface area contributed by atoms with Crippen molar-refractivity contribution in [1.82, 2.24) is 0 Å². The molecule has 1 aliphatic heterocycles. The number of carbonyl (C=O) groups is 1. The van der Waals surface area contributed by atoms with Gasteiger partial charge in [-0.05, 0) is 99.3 Å². The smallest absolute Gasteiger partial charge is 0.248 e. The Morgan fingerprint density at radius 3 is 2.62 bits per heavy atom. The Bertz CT molecular complexity index is 966. The molecule has 0 bridgehead atoms. The fourth-order valence-corrected chi connectivity index (χ4v) is 5.20. The summed E-state index contributed by atoms with van der Waals surface area (Å²) >= 11 is 8.05. The number of primary amides is 1. The molecule has 37 heavy (non-hydrogen) atoms. The molecule has 1 amide bonds. The van der Waals surface area contributed by atoms with E-state index in [1.165, 1.54) is 24.2 Å². The predicted octanol–water partition coefficient (Wildman–Crippen LogP) is 8.17. The van der Waals surface area contributed by atoms with Crippen molar-refractivity contribution < 1.29 is 9.53 Å². The number of halogens is 1. The fourth-order valence-electron chi connectivity index (χ4n) is 4.53. The second-order valence-electron chi connectivity index (χ2n) is 9.29. The highest BCUT2D eigenvalue weighted by Crippen LogP contribution is 2.34. The Labute approximate surface area is 234 Å². The third kappa shape index (κ3) is 11.4. The van der Waals surface area contributed by atoms with Crippen molar-refractivity contribution in [3.8, 4) is 5.75 Å². The first kappa shape index (κ1) is 31.1. The van der Waals surface area contributed by atoms with Crippen LogP contribution in [0.4, 0.5) is 5.69 Å².